The quantitative estimate of drug-likeness (QED) is 0.318. The third kappa shape index (κ3) is 4.77. The smallest absolute Gasteiger partial charge is 0.315 e. The molecule has 0 radical (unpaired) electrons. The Morgan fingerprint density at radius 1 is 1.06 bits per heavy atom. The van der Waals surface area contributed by atoms with Crippen molar-refractivity contribution in [2.75, 3.05) is 11.9 Å². The molecule has 0 aliphatic carbocycles. The van der Waals surface area contributed by atoms with Crippen molar-refractivity contribution >= 4 is 45.8 Å². The molecule has 8 heteroatoms. The maximum Gasteiger partial charge on any atom is 0.322 e. The number of anilines is 1. The van der Waals surface area contributed by atoms with Crippen molar-refractivity contribution in [1.82, 2.24) is 14.5 Å². The normalized spacial score (nSPS) is 11.9. The molecule has 6 nitrogen and oxygen atoms in total. The molecule has 0 saturated carbocycles. The number of aryl methyl sites for hydroxylation is 2. The number of carbonyl (C=O) groups excluding carboxylic acids is 1. The van der Waals surface area contributed by atoms with Crippen LogP contribution in [0, 0.1) is 13.8 Å². The minimum absolute atomic E-state index is 0.185. The molecule has 3 aromatic carbocycles. The minimum atomic E-state index is -0.531. The Bertz CT molecular complexity index is 1480. The molecule has 2 amide bonds. The molecule has 1 unspecified atom stereocenters. The summed E-state index contributed by atoms with van der Waals surface area (Å²) in [5.74, 6) is 0.464. The van der Waals surface area contributed by atoms with Gasteiger partial charge in [-0.1, -0.05) is 47.5 Å². The molecular formula is C27H26Cl2N4O2. The van der Waals surface area contributed by atoms with Gasteiger partial charge in [-0.25, -0.2) is 9.78 Å². The molecule has 1 atom stereocenters. The third-order valence-corrected chi connectivity index (χ3v) is 7.01. The Morgan fingerprint density at radius 3 is 2.51 bits per heavy atom. The largest absolute Gasteiger partial charge is 0.322 e. The Balaban J connectivity index is 1.83. The van der Waals surface area contributed by atoms with Crippen LogP contribution in [0.25, 0.3) is 16.6 Å². The van der Waals surface area contributed by atoms with E-state index in [1.54, 1.807) is 39.8 Å². The van der Waals surface area contributed by atoms with Gasteiger partial charge in [0.2, 0.25) is 0 Å². The summed E-state index contributed by atoms with van der Waals surface area (Å²) in [6.07, 6.45) is 0. The highest BCUT2D eigenvalue weighted by Crippen LogP contribution is 2.31. The van der Waals surface area contributed by atoms with Crippen LogP contribution in [0.1, 0.15) is 36.8 Å². The van der Waals surface area contributed by atoms with E-state index in [9.17, 15) is 9.59 Å². The Hall–Kier alpha value is -3.35. The van der Waals surface area contributed by atoms with Gasteiger partial charge in [-0.3, -0.25) is 9.36 Å². The predicted octanol–water partition coefficient (Wildman–Crippen LogP) is 6.92. The zero-order chi connectivity index (χ0) is 25.3. The second-order valence-electron chi connectivity index (χ2n) is 8.39. The van der Waals surface area contributed by atoms with Crippen LogP contribution in [0.3, 0.4) is 0 Å². The van der Waals surface area contributed by atoms with Gasteiger partial charge in [-0.15, -0.1) is 0 Å². The highest BCUT2D eigenvalue weighted by molar-refractivity contribution is 6.43. The Labute approximate surface area is 214 Å². The van der Waals surface area contributed by atoms with E-state index < -0.39 is 6.04 Å². The van der Waals surface area contributed by atoms with Crippen LogP contribution in [0.5, 0.6) is 0 Å². The number of benzene rings is 3. The average molecular weight is 509 g/mol. The van der Waals surface area contributed by atoms with E-state index in [1.165, 1.54) is 0 Å². The van der Waals surface area contributed by atoms with E-state index in [2.05, 4.69) is 5.32 Å². The van der Waals surface area contributed by atoms with Crippen LogP contribution in [-0.4, -0.2) is 27.0 Å². The standard InChI is InChI=1S/C27H26Cl2N4O2/c1-5-32(27(35)31-23-12-8-10-21(28)24(23)29)18(4)25-30-22-11-7-6-9-20(22)26(34)33(25)19-14-13-16(2)17(3)15-19/h6-15,18H,5H2,1-4H3,(H,31,35). The van der Waals surface area contributed by atoms with Crippen LogP contribution in [0.4, 0.5) is 10.5 Å². The molecule has 4 aromatic rings. The molecule has 0 fully saturated rings. The first-order chi connectivity index (χ1) is 16.7. The van der Waals surface area contributed by atoms with E-state index in [0.717, 1.165) is 11.1 Å². The van der Waals surface area contributed by atoms with Crippen molar-refractivity contribution in [3.63, 3.8) is 0 Å². The number of fused-ring (bicyclic) bond motifs is 1. The summed E-state index contributed by atoms with van der Waals surface area (Å²) in [5.41, 5.74) is 3.68. The first-order valence-electron chi connectivity index (χ1n) is 11.3. The number of para-hydroxylation sites is 1. The Kier molecular flexibility index (Phi) is 7.15. The van der Waals surface area contributed by atoms with Gasteiger partial charge in [0.25, 0.3) is 5.56 Å². The number of amides is 2. The number of hydrogen-bond acceptors (Lipinski definition) is 3. The number of halogens is 2. The van der Waals surface area contributed by atoms with Crippen LogP contribution in [-0.2, 0) is 0 Å². The number of nitrogens with zero attached hydrogens (tertiary/aromatic N) is 3. The number of aromatic nitrogens is 2. The van der Waals surface area contributed by atoms with Crippen molar-refractivity contribution in [3.05, 3.63) is 98.0 Å². The molecule has 1 aromatic heterocycles. The van der Waals surface area contributed by atoms with Gasteiger partial charge in [0.1, 0.15) is 5.82 Å². The van der Waals surface area contributed by atoms with Gasteiger partial charge in [0.15, 0.2) is 0 Å². The molecule has 0 aliphatic rings. The second-order valence-corrected chi connectivity index (χ2v) is 9.17. The molecular weight excluding hydrogens is 483 g/mol. The third-order valence-electron chi connectivity index (χ3n) is 6.19. The molecule has 1 N–H and O–H groups in total. The van der Waals surface area contributed by atoms with E-state index in [0.29, 0.717) is 39.7 Å². The van der Waals surface area contributed by atoms with Gasteiger partial charge in [-0.05, 0) is 75.2 Å². The molecule has 0 saturated heterocycles. The van der Waals surface area contributed by atoms with Crippen LogP contribution in [0.15, 0.2) is 65.5 Å². The van der Waals surface area contributed by atoms with Gasteiger partial charge in [-0.2, -0.15) is 0 Å². The van der Waals surface area contributed by atoms with Gasteiger partial charge >= 0.3 is 6.03 Å². The lowest BCUT2D eigenvalue weighted by Gasteiger charge is -2.30. The first-order valence-corrected chi connectivity index (χ1v) is 12.1. The zero-order valence-corrected chi connectivity index (χ0v) is 21.5. The molecule has 180 valence electrons. The van der Waals surface area contributed by atoms with E-state index in [1.807, 2.05) is 58.0 Å². The SMILES string of the molecule is CCN(C(=O)Nc1cccc(Cl)c1Cl)C(C)c1nc2ccccc2c(=O)n1-c1ccc(C)c(C)c1. The topological polar surface area (TPSA) is 67.2 Å². The monoisotopic (exact) mass is 508 g/mol. The van der Waals surface area contributed by atoms with Gasteiger partial charge in [0, 0.05) is 6.54 Å². The Morgan fingerprint density at radius 2 is 1.80 bits per heavy atom. The highest BCUT2D eigenvalue weighted by atomic mass is 35.5. The van der Waals surface area contributed by atoms with Crippen molar-refractivity contribution in [3.8, 4) is 5.69 Å². The van der Waals surface area contributed by atoms with Gasteiger partial charge < -0.3 is 10.2 Å². The number of nitrogens with one attached hydrogen (secondary N) is 1. The van der Waals surface area contributed by atoms with Crippen LogP contribution in [0.2, 0.25) is 10.0 Å². The summed E-state index contributed by atoms with van der Waals surface area (Å²) in [7, 11) is 0. The summed E-state index contributed by atoms with van der Waals surface area (Å²) in [5, 5.41) is 3.96. The van der Waals surface area contributed by atoms with Crippen molar-refractivity contribution in [2.24, 2.45) is 0 Å². The van der Waals surface area contributed by atoms with Crippen molar-refractivity contribution < 1.29 is 4.79 Å². The number of carbonyl (C=O) groups is 1. The van der Waals surface area contributed by atoms with E-state index in [4.69, 9.17) is 28.2 Å². The summed E-state index contributed by atoms with van der Waals surface area (Å²) < 4.78 is 1.60. The minimum Gasteiger partial charge on any atom is -0.315 e. The fraction of sp³-hybridized carbons (Fsp3) is 0.222. The van der Waals surface area contributed by atoms with E-state index >= 15 is 0 Å². The summed E-state index contributed by atoms with van der Waals surface area (Å²) in [4.78, 5) is 33.4. The lowest BCUT2D eigenvalue weighted by molar-refractivity contribution is 0.193. The number of urea groups is 1. The molecule has 35 heavy (non-hydrogen) atoms. The average Bonchev–Trinajstić information content (AvgIpc) is 2.84. The zero-order valence-electron chi connectivity index (χ0n) is 20.0. The first kappa shape index (κ1) is 24.8. The summed E-state index contributed by atoms with van der Waals surface area (Å²) in [6.45, 7) is 8.13. The fourth-order valence-electron chi connectivity index (χ4n) is 4.06. The summed E-state index contributed by atoms with van der Waals surface area (Å²) >= 11 is 12.4. The lowest BCUT2D eigenvalue weighted by Crippen LogP contribution is -2.39. The molecule has 0 aliphatic heterocycles. The van der Waals surface area contributed by atoms with Gasteiger partial charge in [0.05, 0.1) is 38.4 Å². The van der Waals surface area contributed by atoms with E-state index in [-0.39, 0.29) is 16.6 Å². The molecule has 0 bridgehead atoms. The van der Waals surface area contributed by atoms with Crippen molar-refractivity contribution in [1.29, 1.82) is 0 Å². The maximum absolute atomic E-state index is 13.7. The summed E-state index contributed by atoms with van der Waals surface area (Å²) in [6, 6.07) is 17.2. The fourth-order valence-corrected chi connectivity index (χ4v) is 4.41. The van der Waals surface area contributed by atoms with Crippen molar-refractivity contribution in [2.45, 2.75) is 33.7 Å². The number of rotatable bonds is 5. The predicted molar refractivity (Wildman–Crippen MR) is 143 cm³/mol. The van der Waals surface area contributed by atoms with Crippen LogP contribution >= 0.6 is 23.2 Å². The molecule has 0 spiro atoms. The molecule has 4 rings (SSSR count). The molecule has 1 heterocycles. The maximum atomic E-state index is 13.7. The van der Waals surface area contributed by atoms with Crippen LogP contribution < -0.4 is 10.9 Å². The second kappa shape index (κ2) is 10.1. The lowest BCUT2D eigenvalue weighted by atomic mass is 10.1. The number of hydrogen-bond donors (Lipinski definition) is 1. The highest BCUT2D eigenvalue weighted by Gasteiger charge is 2.26.